The topological polar surface area (TPSA) is 49.0 Å². The van der Waals surface area contributed by atoms with E-state index in [9.17, 15) is 18.0 Å². The summed E-state index contributed by atoms with van der Waals surface area (Å²) < 4.78 is 39.7. The lowest BCUT2D eigenvalue weighted by Crippen LogP contribution is -2.42. The first-order valence-corrected chi connectivity index (χ1v) is 9.26. The normalized spacial score (nSPS) is 19.4. The number of halogens is 3. The maximum absolute atomic E-state index is 13.2. The number of rotatable bonds is 2. The van der Waals surface area contributed by atoms with Crippen molar-refractivity contribution in [3.63, 3.8) is 0 Å². The van der Waals surface area contributed by atoms with E-state index in [1.54, 1.807) is 19.1 Å². The minimum Gasteiger partial charge on any atom is -0.311 e. The molecule has 7 heteroatoms. The molecule has 1 aromatic heterocycles. The molecule has 2 aromatic rings. The number of benzene rings is 1. The molecule has 0 atom stereocenters. The van der Waals surface area contributed by atoms with Crippen LogP contribution >= 0.6 is 0 Å². The Morgan fingerprint density at radius 3 is 2.59 bits per heavy atom. The van der Waals surface area contributed by atoms with E-state index in [1.807, 2.05) is 0 Å². The standard InChI is InChI=1S/C20H22F3N3O/c1-13-24-17-15(18(27)25-13)6-7-19(17)8-10-26(11-9-19)12-14-4-2-3-5-16(14)20(21,22)23/h2-5H,6-12H2,1H3,(H,24,25,27). The fourth-order valence-electron chi connectivity index (χ4n) is 4.57. The predicted octanol–water partition coefficient (Wildman–Crippen LogP) is 3.58. The molecule has 1 saturated heterocycles. The predicted molar refractivity (Wildman–Crippen MR) is 95.5 cm³/mol. The number of fused-ring (bicyclic) bond motifs is 2. The van der Waals surface area contributed by atoms with Crippen molar-refractivity contribution < 1.29 is 13.2 Å². The Bertz CT molecular complexity index is 911. The summed E-state index contributed by atoms with van der Waals surface area (Å²) in [5, 5.41) is 0. The number of nitrogens with zero attached hydrogens (tertiary/aromatic N) is 2. The molecule has 2 aliphatic rings. The van der Waals surface area contributed by atoms with E-state index >= 15 is 0 Å². The molecule has 0 amide bonds. The van der Waals surface area contributed by atoms with Crippen molar-refractivity contribution in [2.45, 2.75) is 50.7 Å². The zero-order chi connectivity index (χ0) is 19.2. The number of H-pyrrole nitrogens is 1. The van der Waals surface area contributed by atoms with Gasteiger partial charge >= 0.3 is 6.18 Å². The number of aromatic nitrogens is 2. The number of hydrogen-bond donors (Lipinski definition) is 1. The Morgan fingerprint density at radius 2 is 1.89 bits per heavy atom. The summed E-state index contributed by atoms with van der Waals surface area (Å²) in [5.41, 5.74) is 1.32. The number of piperidine rings is 1. The van der Waals surface area contributed by atoms with Crippen LogP contribution in [0.4, 0.5) is 13.2 Å². The second-order valence-corrected chi connectivity index (χ2v) is 7.69. The van der Waals surface area contributed by atoms with Crippen molar-refractivity contribution in [2.75, 3.05) is 13.1 Å². The minimum atomic E-state index is -4.33. The van der Waals surface area contributed by atoms with Crippen LogP contribution in [-0.2, 0) is 24.6 Å². The second kappa shape index (κ2) is 6.48. The maximum Gasteiger partial charge on any atom is 0.416 e. The lowest BCUT2D eigenvalue weighted by Gasteiger charge is -2.39. The highest BCUT2D eigenvalue weighted by Gasteiger charge is 2.44. The molecule has 0 radical (unpaired) electrons. The molecule has 1 fully saturated rings. The van der Waals surface area contributed by atoms with Gasteiger partial charge in [-0.05, 0) is 57.3 Å². The SMILES string of the molecule is Cc1nc2c(c(=O)[nH]1)CCC21CCN(Cc2ccccc2C(F)(F)F)CC1. The van der Waals surface area contributed by atoms with Crippen LogP contribution in [0.1, 0.15) is 47.5 Å². The van der Waals surface area contributed by atoms with Gasteiger partial charge in [-0.1, -0.05) is 18.2 Å². The Hall–Kier alpha value is -2.15. The van der Waals surface area contributed by atoms with Gasteiger partial charge < -0.3 is 4.98 Å². The quantitative estimate of drug-likeness (QED) is 0.870. The van der Waals surface area contributed by atoms with E-state index in [-0.39, 0.29) is 11.0 Å². The van der Waals surface area contributed by atoms with Crippen molar-refractivity contribution in [1.29, 1.82) is 0 Å². The van der Waals surface area contributed by atoms with Gasteiger partial charge in [0.2, 0.25) is 0 Å². The summed E-state index contributed by atoms with van der Waals surface area (Å²) >= 11 is 0. The molecular weight excluding hydrogens is 355 g/mol. The van der Waals surface area contributed by atoms with Gasteiger partial charge in [0.15, 0.2) is 0 Å². The largest absolute Gasteiger partial charge is 0.416 e. The first kappa shape index (κ1) is 18.2. The minimum absolute atomic E-state index is 0.0455. The van der Waals surface area contributed by atoms with Crippen molar-refractivity contribution in [3.05, 3.63) is 62.8 Å². The zero-order valence-electron chi connectivity index (χ0n) is 15.2. The summed E-state index contributed by atoms with van der Waals surface area (Å²) in [5.74, 6) is 0.626. The fourth-order valence-corrected chi connectivity index (χ4v) is 4.57. The highest BCUT2D eigenvalue weighted by Crippen LogP contribution is 2.44. The maximum atomic E-state index is 13.2. The van der Waals surface area contributed by atoms with Crippen LogP contribution in [0.3, 0.4) is 0 Å². The van der Waals surface area contributed by atoms with E-state index in [4.69, 9.17) is 0 Å². The molecule has 144 valence electrons. The molecule has 1 aliphatic carbocycles. The third kappa shape index (κ3) is 3.29. The molecule has 1 aliphatic heterocycles. The molecule has 2 heterocycles. The van der Waals surface area contributed by atoms with E-state index in [0.717, 1.165) is 43.0 Å². The lowest BCUT2D eigenvalue weighted by atomic mass is 9.76. The molecule has 0 unspecified atom stereocenters. The average Bonchev–Trinajstić information content (AvgIpc) is 2.95. The average molecular weight is 377 g/mol. The fraction of sp³-hybridized carbons (Fsp3) is 0.500. The van der Waals surface area contributed by atoms with Gasteiger partial charge in [0.05, 0.1) is 11.3 Å². The van der Waals surface area contributed by atoms with Crippen LogP contribution in [0, 0.1) is 6.92 Å². The van der Waals surface area contributed by atoms with Crippen molar-refractivity contribution in [3.8, 4) is 0 Å². The van der Waals surface area contributed by atoms with Crippen LogP contribution in [-0.4, -0.2) is 28.0 Å². The van der Waals surface area contributed by atoms with Gasteiger partial charge in [0, 0.05) is 17.5 Å². The molecular formula is C20H22F3N3O. The molecule has 1 N–H and O–H groups in total. The molecule has 4 nitrogen and oxygen atoms in total. The van der Waals surface area contributed by atoms with Crippen LogP contribution in [0.15, 0.2) is 29.1 Å². The van der Waals surface area contributed by atoms with E-state index in [2.05, 4.69) is 14.9 Å². The van der Waals surface area contributed by atoms with Gasteiger partial charge in [0.25, 0.3) is 5.56 Å². The second-order valence-electron chi connectivity index (χ2n) is 7.69. The Labute approximate surface area is 155 Å². The van der Waals surface area contributed by atoms with Crippen LogP contribution in [0.2, 0.25) is 0 Å². The molecule has 27 heavy (non-hydrogen) atoms. The Morgan fingerprint density at radius 1 is 1.19 bits per heavy atom. The van der Waals surface area contributed by atoms with Gasteiger partial charge in [-0.3, -0.25) is 9.69 Å². The lowest BCUT2D eigenvalue weighted by molar-refractivity contribution is -0.138. The van der Waals surface area contributed by atoms with E-state index < -0.39 is 11.7 Å². The summed E-state index contributed by atoms with van der Waals surface area (Å²) in [7, 11) is 0. The highest BCUT2D eigenvalue weighted by molar-refractivity contribution is 5.34. The molecule has 1 spiro atoms. The number of hydrogen-bond acceptors (Lipinski definition) is 3. The van der Waals surface area contributed by atoms with Gasteiger partial charge in [0.1, 0.15) is 5.82 Å². The number of aryl methyl sites for hydroxylation is 1. The van der Waals surface area contributed by atoms with Crippen LogP contribution in [0.5, 0.6) is 0 Å². The summed E-state index contributed by atoms with van der Waals surface area (Å²) in [4.78, 5) is 21.7. The summed E-state index contributed by atoms with van der Waals surface area (Å²) in [6, 6.07) is 5.79. The zero-order valence-corrected chi connectivity index (χ0v) is 15.2. The smallest absolute Gasteiger partial charge is 0.311 e. The molecule has 1 aromatic carbocycles. The Balaban J connectivity index is 1.52. The number of likely N-dealkylation sites (tertiary alicyclic amines) is 1. The molecule has 0 bridgehead atoms. The number of alkyl halides is 3. The first-order chi connectivity index (χ1) is 12.8. The van der Waals surface area contributed by atoms with Crippen LogP contribution < -0.4 is 5.56 Å². The molecule has 4 rings (SSSR count). The third-order valence-corrected chi connectivity index (χ3v) is 6.02. The van der Waals surface area contributed by atoms with E-state index in [1.165, 1.54) is 6.07 Å². The first-order valence-electron chi connectivity index (χ1n) is 9.26. The highest BCUT2D eigenvalue weighted by atomic mass is 19.4. The summed E-state index contributed by atoms with van der Waals surface area (Å²) in [6.07, 6.45) is -1.06. The summed E-state index contributed by atoms with van der Waals surface area (Å²) in [6.45, 7) is 3.50. The number of aromatic amines is 1. The van der Waals surface area contributed by atoms with E-state index in [0.29, 0.717) is 31.0 Å². The van der Waals surface area contributed by atoms with Gasteiger partial charge in [-0.15, -0.1) is 0 Å². The monoisotopic (exact) mass is 377 g/mol. The third-order valence-electron chi connectivity index (χ3n) is 6.02. The number of nitrogens with one attached hydrogen (secondary N) is 1. The van der Waals surface area contributed by atoms with Crippen LogP contribution in [0.25, 0.3) is 0 Å². The van der Waals surface area contributed by atoms with Crippen molar-refractivity contribution >= 4 is 0 Å². The van der Waals surface area contributed by atoms with Crippen molar-refractivity contribution in [2.24, 2.45) is 0 Å². The molecule has 0 saturated carbocycles. The van der Waals surface area contributed by atoms with Gasteiger partial charge in [-0.25, -0.2) is 4.98 Å². The van der Waals surface area contributed by atoms with Crippen molar-refractivity contribution in [1.82, 2.24) is 14.9 Å². The Kier molecular flexibility index (Phi) is 4.37. The van der Waals surface area contributed by atoms with Gasteiger partial charge in [-0.2, -0.15) is 13.2 Å².